The Kier molecular flexibility index (Phi) is 5.34. The molecule has 2 fully saturated rings. The average Bonchev–Trinajstić information content (AvgIpc) is 2.87. The zero-order chi connectivity index (χ0) is 20.5. The fraction of sp³-hybridized carbons (Fsp3) is 0.550. The van der Waals surface area contributed by atoms with E-state index in [2.05, 4.69) is 5.32 Å². The van der Waals surface area contributed by atoms with Crippen LogP contribution >= 0.6 is 0 Å². The van der Waals surface area contributed by atoms with Crippen LogP contribution in [0.1, 0.15) is 27.2 Å². The molecule has 0 unspecified atom stereocenters. The molecule has 1 spiro atoms. The summed E-state index contributed by atoms with van der Waals surface area (Å²) in [5.41, 5.74) is -1.07. The third-order valence-electron chi connectivity index (χ3n) is 5.14. The van der Waals surface area contributed by atoms with Crippen LogP contribution in [0.25, 0.3) is 0 Å². The second-order valence-corrected chi connectivity index (χ2v) is 8.27. The smallest absolute Gasteiger partial charge is 0.323 e. The fourth-order valence-electron chi connectivity index (χ4n) is 4.05. The number of para-hydroxylation sites is 1. The number of benzene rings is 1. The molecule has 0 bridgehead atoms. The number of carboxylic acid groups (broad SMARTS) is 1. The number of nitrogens with one attached hydrogen (secondary N) is 1. The van der Waals surface area contributed by atoms with Crippen molar-refractivity contribution in [3.8, 4) is 0 Å². The molecule has 3 rings (SSSR count). The second kappa shape index (κ2) is 7.43. The molecule has 2 N–H and O–H groups in total. The van der Waals surface area contributed by atoms with Gasteiger partial charge in [-0.05, 0) is 45.9 Å². The first kappa shape index (κ1) is 20.1. The lowest BCUT2D eigenvalue weighted by molar-refractivity contribution is -0.165. The lowest BCUT2D eigenvalue weighted by Gasteiger charge is -2.45. The third-order valence-corrected chi connectivity index (χ3v) is 5.14. The van der Waals surface area contributed by atoms with Crippen molar-refractivity contribution in [1.29, 1.82) is 0 Å². The van der Waals surface area contributed by atoms with Crippen molar-refractivity contribution in [2.24, 2.45) is 5.92 Å². The van der Waals surface area contributed by atoms with Gasteiger partial charge in [-0.1, -0.05) is 18.2 Å². The monoisotopic (exact) mass is 389 g/mol. The highest BCUT2D eigenvalue weighted by Gasteiger charge is 2.61. The molecule has 2 atom stereocenters. The summed E-state index contributed by atoms with van der Waals surface area (Å²) in [6.07, 6.45) is 0.390. The highest BCUT2D eigenvalue weighted by atomic mass is 16.6. The molecule has 2 heterocycles. The number of carbonyl (C=O) groups is 3. The molecule has 2 aliphatic heterocycles. The molecular formula is C20H27N3O5. The second-order valence-electron chi connectivity index (χ2n) is 8.27. The van der Waals surface area contributed by atoms with Crippen LogP contribution in [0, 0.1) is 5.92 Å². The van der Waals surface area contributed by atoms with Gasteiger partial charge in [0.1, 0.15) is 23.6 Å². The van der Waals surface area contributed by atoms with E-state index in [-0.39, 0.29) is 12.6 Å². The van der Waals surface area contributed by atoms with Gasteiger partial charge in [0.15, 0.2) is 0 Å². The van der Waals surface area contributed by atoms with E-state index in [4.69, 9.17) is 4.74 Å². The summed E-state index contributed by atoms with van der Waals surface area (Å²) in [5, 5.41) is 12.4. The molecule has 0 radical (unpaired) electrons. The molecule has 28 heavy (non-hydrogen) atoms. The molecule has 0 saturated carbocycles. The van der Waals surface area contributed by atoms with Crippen LogP contribution in [0.3, 0.4) is 0 Å². The van der Waals surface area contributed by atoms with E-state index in [1.807, 2.05) is 35.2 Å². The van der Waals surface area contributed by atoms with E-state index in [1.54, 1.807) is 20.8 Å². The Morgan fingerprint density at radius 1 is 1.29 bits per heavy atom. The van der Waals surface area contributed by atoms with Gasteiger partial charge in [0.05, 0.1) is 6.67 Å². The molecule has 0 aromatic heterocycles. The molecule has 1 amide bonds. The van der Waals surface area contributed by atoms with Crippen molar-refractivity contribution in [1.82, 2.24) is 10.2 Å². The van der Waals surface area contributed by atoms with Crippen LogP contribution in [-0.4, -0.2) is 65.3 Å². The minimum atomic E-state index is -1.16. The van der Waals surface area contributed by atoms with Gasteiger partial charge < -0.3 is 25.0 Å². The number of carboxylic acids is 1. The van der Waals surface area contributed by atoms with Crippen LogP contribution in [0.2, 0.25) is 0 Å². The average molecular weight is 389 g/mol. The summed E-state index contributed by atoms with van der Waals surface area (Å²) in [7, 11) is 0. The summed E-state index contributed by atoms with van der Waals surface area (Å²) < 4.78 is 5.62. The fourth-order valence-corrected chi connectivity index (χ4v) is 4.05. The molecule has 152 valence electrons. The van der Waals surface area contributed by atoms with E-state index < -0.39 is 35.5 Å². The normalized spacial score (nSPS) is 25.2. The maximum Gasteiger partial charge on any atom is 0.323 e. The van der Waals surface area contributed by atoms with Crippen LogP contribution in [0.5, 0.6) is 0 Å². The van der Waals surface area contributed by atoms with Crippen molar-refractivity contribution in [3.05, 3.63) is 30.3 Å². The van der Waals surface area contributed by atoms with Crippen molar-refractivity contribution in [2.45, 2.75) is 38.3 Å². The standard InChI is InChI=1S/C20H27N3O5/c1-19(2,3)28-17(26)15-11-21-10-9-20(15)18(27)22(12-16(24)25)13-23(20)14-7-5-4-6-8-14/h4-8,15,21H,9-13H2,1-3H3,(H,24,25)/t15-,20+/m0/s1. The summed E-state index contributed by atoms with van der Waals surface area (Å²) in [4.78, 5) is 41.0. The maximum absolute atomic E-state index is 13.5. The Labute approximate surface area is 164 Å². The number of anilines is 1. The topological polar surface area (TPSA) is 99.2 Å². The van der Waals surface area contributed by atoms with Crippen molar-refractivity contribution < 1.29 is 24.2 Å². The minimum Gasteiger partial charge on any atom is -0.480 e. The zero-order valence-corrected chi connectivity index (χ0v) is 16.5. The Morgan fingerprint density at radius 2 is 1.96 bits per heavy atom. The molecule has 8 heteroatoms. The number of amides is 1. The number of piperidine rings is 1. The third kappa shape index (κ3) is 3.69. The quantitative estimate of drug-likeness (QED) is 0.743. The summed E-state index contributed by atoms with van der Waals surface area (Å²) in [6.45, 7) is 5.93. The first-order valence-electron chi connectivity index (χ1n) is 9.42. The Bertz CT molecular complexity index is 761. The number of rotatable bonds is 4. The number of esters is 1. The van der Waals surface area contributed by atoms with Gasteiger partial charge in [-0.15, -0.1) is 0 Å². The predicted octanol–water partition coefficient (Wildman–Crippen LogP) is 1.07. The molecular weight excluding hydrogens is 362 g/mol. The zero-order valence-electron chi connectivity index (χ0n) is 16.5. The summed E-state index contributed by atoms with van der Waals surface area (Å²) in [6, 6.07) is 9.33. The van der Waals surface area contributed by atoms with E-state index in [0.717, 1.165) is 5.69 Å². The Hall–Kier alpha value is -2.61. The minimum absolute atomic E-state index is 0.119. The van der Waals surface area contributed by atoms with E-state index in [9.17, 15) is 19.5 Å². The summed E-state index contributed by atoms with van der Waals surface area (Å²) in [5.74, 6) is -2.62. The van der Waals surface area contributed by atoms with E-state index in [1.165, 1.54) is 4.90 Å². The van der Waals surface area contributed by atoms with Crippen molar-refractivity contribution >= 4 is 23.5 Å². The number of carbonyl (C=O) groups excluding carboxylic acids is 2. The van der Waals surface area contributed by atoms with Crippen molar-refractivity contribution in [3.63, 3.8) is 0 Å². The summed E-state index contributed by atoms with van der Waals surface area (Å²) >= 11 is 0. The number of ether oxygens (including phenoxy) is 1. The van der Waals surface area contributed by atoms with Crippen molar-refractivity contribution in [2.75, 3.05) is 31.2 Å². The van der Waals surface area contributed by atoms with Gasteiger partial charge in [-0.2, -0.15) is 0 Å². The molecule has 0 aliphatic carbocycles. The maximum atomic E-state index is 13.5. The lowest BCUT2D eigenvalue weighted by atomic mass is 9.76. The number of hydrogen-bond donors (Lipinski definition) is 2. The molecule has 8 nitrogen and oxygen atoms in total. The van der Waals surface area contributed by atoms with Gasteiger partial charge in [-0.3, -0.25) is 14.4 Å². The molecule has 2 saturated heterocycles. The number of hydrogen-bond acceptors (Lipinski definition) is 6. The molecule has 2 aliphatic rings. The van der Waals surface area contributed by atoms with Gasteiger partial charge in [0.2, 0.25) is 0 Å². The molecule has 1 aromatic carbocycles. The number of aliphatic carboxylic acids is 1. The first-order chi connectivity index (χ1) is 13.1. The largest absolute Gasteiger partial charge is 0.480 e. The van der Waals surface area contributed by atoms with Crippen LogP contribution < -0.4 is 10.2 Å². The van der Waals surface area contributed by atoms with Gasteiger partial charge in [0.25, 0.3) is 5.91 Å². The predicted molar refractivity (Wildman–Crippen MR) is 103 cm³/mol. The number of nitrogens with zero attached hydrogens (tertiary/aromatic N) is 2. The van der Waals surface area contributed by atoms with Crippen LogP contribution in [-0.2, 0) is 19.1 Å². The molecule has 1 aromatic rings. The Morgan fingerprint density at radius 3 is 2.57 bits per heavy atom. The van der Waals surface area contributed by atoms with Crippen LogP contribution in [0.15, 0.2) is 30.3 Å². The van der Waals surface area contributed by atoms with Crippen LogP contribution in [0.4, 0.5) is 5.69 Å². The van der Waals surface area contributed by atoms with Gasteiger partial charge in [-0.25, -0.2) is 0 Å². The first-order valence-corrected chi connectivity index (χ1v) is 9.42. The highest BCUT2D eigenvalue weighted by molar-refractivity contribution is 5.99. The Balaban J connectivity index is 2.05. The van der Waals surface area contributed by atoms with Gasteiger partial charge >= 0.3 is 11.9 Å². The van der Waals surface area contributed by atoms with E-state index in [0.29, 0.717) is 19.5 Å². The lowest BCUT2D eigenvalue weighted by Crippen LogP contribution is -2.64. The SMILES string of the molecule is CC(C)(C)OC(=O)[C@@H]1CNCC[C@]12C(=O)N(CC(=O)O)CN2c1ccccc1. The van der Waals surface area contributed by atoms with E-state index >= 15 is 0 Å². The van der Waals surface area contributed by atoms with Gasteiger partial charge in [0, 0.05) is 12.2 Å². The highest BCUT2D eigenvalue weighted by Crippen LogP contribution is 2.42.